The standard InChI is InChI=1S/C19H24I3N3O9/c20-12-15(25-4-2-1-3-11(25)30)13(21)17(34-19(32)24-6-10(29)8-27)14(22)16(12)33-18(31)23-5-9(28)7-26/h9-10,26-29H,1-8H2,(H,23,31)(H,24,32). The predicted octanol–water partition coefficient (Wildman–Crippen LogP) is 0.900. The molecule has 2 rings (SSSR count). The molecule has 0 bridgehead atoms. The number of aliphatic hydroxyl groups excluding tert-OH is 4. The second-order valence-electron chi connectivity index (χ2n) is 7.16. The van der Waals surface area contributed by atoms with Crippen LogP contribution in [0.2, 0.25) is 0 Å². The van der Waals surface area contributed by atoms with Crippen molar-refractivity contribution in [1.29, 1.82) is 0 Å². The number of aliphatic hydroxyl groups is 4. The van der Waals surface area contributed by atoms with Gasteiger partial charge in [-0.05, 0) is 80.6 Å². The summed E-state index contributed by atoms with van der Waals surface area (Å²) in [6.45, 7) is -1.14. The summed E-state index contributed by atoms with van der Waals surface area (Å²) in [5, 5.41) is 41.4. The molecule has 0 aliphatic carbocycles. The third-order valence-electron chi connectivity index (χ3n) is 4.58. The van der Waals surface area contributed by atoms with Crippen LogP contribution in [0.25, 0.3) is 0 Å². The maximum atomic E-state index is 12.6. The average Bonchev–Trinajstić information content (AvgIpc) is 2.82. The first-order valence-corrected chi connectivity index (χ1v) is 13.3. The summed E-state index contributed by atoms with van der Waals surface area (Å²) >= 11 is 5.75. The molecule has 1 saturated heterocycles. The Labute approximate surface area is 236 Å². The van der Waals surface area contributed by atoms with Crippen LogP contribution in [0.15, 0.2) is 0 Å². The Hall–Kier alpha value is -0.740. The SMILES string of the molecule is O=C(NCC(O)CO)Oc1c(I)c(OC(=O)NCC(O)CO)c(I)c(N2CCCCC2=O)c1I. The van der Waals surface area contributed by atoms with E-state index < -0.39 is 37.6 Å². The fourth-order valence-electron chi connectivity index (χ4n) is 2.85. The van der Waals surface area contributed by atoms with E-state index in [9.17, 15) is 24.6 Å². The molecule has 0 spiro atoms. The molecule has 1 aliphatic rings. The summed E-state index contributed by atoms with van der Waals surface area (Å²) in [5.74, 6) is -0.0282. The summed E-state index contributed by atoms with van der Waals surface area (Å²) in [7, 11) is 0. The average molecular weight is 819 g/mol. The van der Waals surface area contributed by atoms with Crippen LogP contribution in [-0.4, -0.2) is 83.6 Å². The van der Waals surface area contributed by atoms with Gasteiger partial charge in [0.1, 0.15) is 3.57 Å². The Morgan fingerprint density at radius 3 is 1.76 bits per heavy atom. The summed E-state index contributed by atoms with van der Waals surface area (Å²) in [6, 6.07) is 0. The molecule has 1 aliphatic heterocycles. The third kappa shape index (κ3) is 7.88. The number of ether oxygens (including phenoxy) is 2. The number of nitrogens with zero attached hydrogens (tertiary/aromatic N) is 1. The number of piperidine rings is 1. The van der Waals surface area contributed by atoms with Gasteiger partial charge in [0.15, 0.2) is 11.5 Å². The van der Waals surface area contributed by atoms with Crippen molar-refractivity contribution in [2.24, 2.45) is 0 Å². The second kappa shape index (κ2) is 14.1. The van der Waals surface area contributed by atoms with Crippen molar-refractivity contribution >= 4 is 91.6 Å². The normalized spacial score (nSPS) is 15.5. The van der Waals surface area contributed by atoms with E-state index in [2.05, 4.69) is 10.6 Å². The summed E-state index contributed by atoms with van der Waals surface area (Å²) in [4.78, 5) is 38.9. The molecule has 0 aromatic heterocycles. The molecule has 2 atom stereocenters. The smallest absolute Gasteiger partial charge is 0.408 e. The first kappa shape index (κ1) is 29.5. The van der Waals surface area contributed by atoms with Gasteiger partial charge in [0.25, 0.3) is 0 Å². The molecular weight excluding hydrogens is 795 g/mol. The number of nitrogens with one attached hydrogen (secondary N) is 2. The molecule has 34 heavy (non-hydrogen) atoms. The lowest BCUT2D eigenvalue weighted by atomic mass is 10.1. The first-order valence-electron chi connectivity index (χ1n) is 10.1. The van der Waals surface area contributed by atoms with Crippen LogP contribution in [0.5, 0.6) is 11.5 Å². The quantitative estimate of drug-likeness (QED) is 0.198. The van der Waals surface area contributed by atoms with E-state index in [1.54, 1.807) is 4.90 Å². The Kier molecular flexibility index (Phi) is 12.2. The predicted molar refractivity (Wildman–Crippen MR) is 145 cm³/mol. The molecule has 3 amide bonds. The van der Waals surface area contributed by atoms with Gasteiger partial charge in [0.2, 0.25) is 5.91 Å². The second-order valence-corrected chi connectivity index (χ2v) is 10.4. The van der Waals surface area contributed by atoms with Crippen molar-refractivity contribution in [3.63, 3.8) is 0 Å². The van der Waals surface area contributed by atoms with Crippen LogP contribution in [0.1, 0.15) is 19.3 Å². The van der Waals surface area contributed by atoms with Gasteiger partial charge in [-0.2, -0.15) is 0 Å². The molecule has 190 valence electrons. The van der Waals surface area contributed by atoms with E-state index in [1.807, 2.05) is 67.8 Å². The van der Waals surface area contributed by atoms with Crippen molar-refractivity contribution in [3.8, 4) is 11.5 Å². The van der Waals surface area contributed by atoms with E-state index >= 15 is 0 Å². The Bertz CT molecular complexity index is 864. The van der Waals surface area contributed by atoms with Crippen molar-refractivity contribution in [2.75, 3.05) is 37.7 Å². The highest BCUT2D eigenvalue weighted by Crippen LogP contribution is 2.46. The fourth-order valence-corrected chi connectivity index (χ4v) is 7.04. The minimum absolute atomic E-state index is 0.0455. The van der Waals surface area contributed by atoms with Crippen LogP contribution in [0.4, 0.5) is 15.3 Å². The molecule has 12 nitrogen and oxygen atoms in total. The lowest BCUT2D eigenvalue weighted by Gasteiger charge is -2.30. The summed E-state index contributed by atoms with van der Waals surface area (Å²) < 4.78 is 12.1. The van der Waals surface area contributed by atoms with Gasteiger partial charge < -0.3 is 45.4 Å². The highest BCUT2D eigenvalue weighted by molar-refractivity contribution is 14.1. The molecule has 2 unspecified atom stereocenters. The van der Waals surface area contributed by atoms with Crippen molar-refractivity contribution < 1.29 is 44.3 Å². The topological polar surface area (TPSA) is 178 Å². The van der Waals surface area contributed by atoms with Crippen molar-refractivity contribution in [2.45, 2.75) is 31.5 Å². The molecule has 6 N–H and O–H groups in total. The number of rotatable bonds is 9. The Balaban J connectivity index is 2.44. The van der Waals surface area contributed by atoms with Crippen molar-refractivity contribution in [3.05, 3.63) is 10.7 Å². The number of carbonyl (C=O) groups is 3. The third-order valence-corrected chi connectivity index (χ3v) is 7.56. The zero-order valence-electron chi connectivity index (χ0n) is 17.7. The van der Waals surface area contributed by atoms with Gasteiger partial charge >= 0.3 is 12.2 Å². The van der Waals surface area contributed by atoms with E-state index in [0.29, 0.717) is 25.8 Å². The zero-order valence-corrected chi connectivity index (χ0v) is 24.2. The van der Waals surface area contributed by atoms with Gasteiger partial charge in [-0.1, -0.05) is 0 Å². The minimum atomic E-state index is -1.17. The van der Waals surface area contributed by atoms with Gasteiger partial charge in [-0.15, -0.1) is 0 Å². The molecule has 1 aromatic carbocycles. The summed E-state index contributed by atoms with van der Waals surface area (Å²) in [5.41, 5.74) is 0.433. The number of hydrogen-bond acceptors (Lipinski definition) is 9. The van der Waals surface area contributed by atoms with Crippen LogP contribution in [-0.2, 0) is 4.79 Å². The number of amides is 3. The highest BCUT2D eigenvalue weighted by atomic mass is 127. The number of carbonyl (C=O) groups excluding carboxylic acids is 3. The number of halogens is 3. The molecule has 0 radical (unpaired) electrons. The number of hydrogen-bond donors (Lipinski definition) is 6. The lowest BCUT2D eigenvalue weighted by molar-refractivity contribution is -0.119. The van der Waals surface area contributed by atoms with E-state index in [1.165, 1.54) is 0 Å². The largest absolute Gasteiger partial charge is 0.412 e. The van der Waals surface area contributed by atoms with Gasteiger partial charge in [0, 0.05) is 26.1 Å². The van der Waals surface area contributed by atoms with Gasteiger partial charge in [-0.3, -0.25) is 4.79 Å². The minimum Gasteiger partial charge on any atom is -0.408 e. The molecule has 1 aromatic rings. The fraction of sp³-hybridized carbons (Fsp3) is 0.526. The Morgan fingerprint density at radius 2 is 1.35 bits per heavy atom. The molecule has 1 fully saturated rings. The number of benzene rings is 1. The van der Waals surface area contributed by atoms with Crippen LogP contribution < -0.4 is 25.0 Å². The highest BCUT2D eigenvalue weighted by Gasteiger charge is 2.32. The zero-order chi connectivity index (χ0) is 25.4. The first-order chi connectivity index (χ1) is 16.1. The van der Waals surface area contributed by atoms with Crippen LogP contribution in [0.3, 0.4) is 0 Å². The van der Waals surface area contributed by atoms with E-state index in [0.717, 1.165) is 12.8 Å². The van der Waals surface area contributed by atoms with Gasteiger partial charge in [0.05, 0.1) is 38.2 Å². The van der Waals surface area contributed by atoms with Crippen molar-refractivity contribution in [1.82, 2.24) is 10.6 Å². The molecule has 0 saturated carbocycles. The monoisotopic (exact) mass is 819 g/mol. The van der Waals surface area contributed by atoms with Gasteiger partial charge in [-0.25, -0.2) is 9.59 Å². The molecular formula is C19H24I3N3O9. The van der Waals surface area contributed by atoms with E-state index in [4.69, 9.17) is 19.7 Å². The van der Waals surface area contributed by atoms with E-state index in [-0.39, 0.29) is 34.1 Å². The Morgan fingerprint density at radius 1 is 0.882 bits per heavy atom. The number of anilines is 1. The lowest BCUT2D eigenvalue weighted by Crippen LogP contribution is -2.38. The van der Waals surface area contributed by atoms with Crippen LogP contribution in [0, 0.1) is 10.7 Å². The molecule has 1 heterocycles. The maximum absolute atomic E-state index is 12.6. The summed E-state index contributed by atoms with van der Waals surface area (Å²) in [6.07, 6.45) is -2.28. The van der Waals surface area contributed by atoms with Crippen LogP contribution >= 0.6 is 67.8 Å². The molecule has 15 heteroatoms. The maximum Gasteiger partial charge on any atom is 0.412 e.